The first-order chi connectivity index (χ1) is 12.6. The number of carbonyl (C=O) groups excluding carboxylic acids is 1. The van der Waals surface area contributed by atoms with E-state index in [1.54, 1.807) is 31.2 Å². The molecule has 27 heavy (non-hydrogen) atoms. The second-order valence-corrected chi connectivity index (χ2v) is 10.5. The van der Waals surface area contributed by atoms with Gasteiger partial charge in [-0.15, -0.1) is 0 Å². The maximum Gasteiger partial charge on any atom is 0.242 e. The maximum absolute atomic E-state index is 13.4. The number of amides is 1. The molecule has 0 saturated carbocycles. The van der Waals surface area contributed by atoms with Crippen molar-refractivity contribution in [1.82, 2.24) is 5.32 Å². The molecular formula is C20H20BrNO4S. The standard InChI is InChI=1S/C20H20BrNO4S/c1-11-4-6-14(8-12(11)2)27(24,25)18-16-10-20(3,22-19(18)23)26-17-7-5-13(21)9-15(16)17/h4-9,16,18H,10H2,1-3H3,(H,22,23)/t16-,18-,20+/m0/s1. The number of hydrogen-bond acceptors (Lipinski definition) is 4. The summed E-state index contributed by atoms with van der Waals surface area (Å²) in [5.41, 5.74) is 1.73. The Morgan fingerprint density at radius 2 is 1.89 bits per heavy atom. The Balaban J connectivity index is 1.87. The van der Waals surface area contributed by atoms with Crippen molar-refractivity contribution in [2.24, 2.45) is 0 Å². The SMILES string of the molecule is Cc1ccc(S(=O)(=O)[C@@H]2C(=O)N[C@@]3(C)C[C@H]2c2cc(Br)ccc2O3)cc1C. The van der Waals surface area contributed by atoms with Gasteiger partial charge < -0.3 is 10.1 Å². The molecule has 0 aromatic heterocycles. The third-order valence-electron chi connectivity index (χ3n) is 5.47. The molecule has 5 nitrogen and oxygen atoms in total. The van der Waals surface area contributed by atoms with Crippen LogP contribution in [0.1, 0.15) is 36.0 Å². The highest BCUT2D eigenvalue weighted by molar-refractivity contribution is 9.10. The van der Waals surface area contributed by atoms with Crippen LogP contribution in [0.5, 0.6) is 5.75 Å². The molecule has 142 valence electrons. The largest absolute Gasteiger partial charge is 0.468 e. The molecule has 1 fully saturated rings. The molecule has 1 N–H and O–H groups in total. The number of rotatable bonds is 2. The molecule has 2 aromatic rings. The van der Waals surface area contributed by atoms with Crippen molar-refractivity contribution < 1.29 is 17.9 Å². The Morgan fingerprint density at radius 3 is 2.59 bits per heavy atom. The van der Waals surface area contributed by atoms with E-state index in [1.807, 2.05) is 26.0 Å². The molecule has 3 atom stereocenters. The smallest absolute Gasteiger partial charge is 0.242 e. The van der Waals surface area contributed by atoms with Gasteiger partial charge in [0.25, 0.3) is 0 Å². The summed E-state index contributed by atoms with van der Waals surface area (Å²) in [6.45, 7) is 5.58. The van der Waals surface area contributed by atoms with Crippen molar-refractivity contribution in [3.8, 4) is 5.75 Å². The Kier molecular flexibility index (Phi) is 4.16. The van der Waals surface area contributed by atoms with E-state index < -0.39 is 32.6 Å². The molecule has 2 bridgehead atoms. The fraction of sp³-hybridized carbons (Fsp3) is 0.350. The minimum atomic E-state index is -3.87. The van der Waals surface area contributed by atoms with Crippen LogP contribution in [0, 0.1) is 13.8 Å². The number of piperidine rings is 1. The molecule has 4 rings (SSSR count). The van der Waals surface area contributed by atoms with E-state index >= 15 is 0 Å². The Bertz CT molecular complexity index is 1070. The van der Waals surface area contributed by atoms with Gasteiger partial charge in [0.05, 0.1) is 4.90 Å². The fourth-order valence-electron chi connectivity index (χ4n) is 3.97. The number of benzene rings is 2. The van der Waals surface area contributed by atoms with Crippen LogP contribution in [-0.2, 0) is 14.6 Å². The second-order valence-electron chi connectivity index (χ2n) is 7.53. The van der Waals surface area contributed by atoms with Crippen molar-refractivity contribution in [2.45, 2.75) is 49.0 Å². The van der Waals surface area contributed by atoms with Crippen LogP contribution in [0.15, 0.2) is 45.8 Å². The van der Waals surface area contributed by atoms with Crippen molar-refractivity contribution in [3.63, 3.8) is 0 Å². The van der Waals surface area contributed by atoms with E-state index in [0.29, 0.717) is 12.2 Å². The zero-order valence-corrected chi connectivity index (χ0v) is 17.6. The molecule has 1 saturated heterocycles. The van der Waals surface area contributed by atoms with E-state index in [1.165, 1.54) is 0 Å². The molecule has 0 aliphatic carbocycles. The van der Waals surface area contributed by atoms with E-state index in [9.17, 15) is 13.2 Å². The van der Waals surface area contributed by atoms with Gasteiger partial charge in [-0.1, -0.05) is 22.0 Å². The molecule has 0 spiro atoms. The first kappa shape index (κ1) is 18.5. The first-order valence-electron chi connectivity index (χ1n) is 8.72. The van der Waals surface area contributed by atoms with E-state index in [0.717, 1.165) is 21.2 Å². The van der Waals surface area contributed by atoms with Crippen molar-refractivity contribution >= 4 is 31.7 Å². The van der Waals surface area contributed by atoms with Crippen molar-refractivity contribution in [1.29, 1.82) is 0 Å². The maximum atomic E-state index is 13.4. The number of hydrogen-bond donors (Lipinski definition) is 1. The highest BCUT2D eigenvalue weighted by Crippen LogP contribution is 2.47. The van der Waals surface area contributed by atoms with Gasteiger partial charge in [0, 0.05) is 22.4 Å². The number of carbonyl (C=O) groups is 1. The summed E-state index contributed by atoms with van der Waals surface area (Å²) in [6, 6.07) is 10.5. The topological polar surface area (TPSA) is 72.5 Å². The van der Waals surface area contributed by atoms with Crippen molar-refractivity contribution in [2.75, 3.05) is 0 Å². The zero-order valence-electron chi connectivity index (χ0n) is 15.2. The van der Waals surface area contributed by atoms with Gasteiger partial charge in [0.1, 0.15) is 5.75 Å². The van der Waals surface area contributed by atoms with Gasteiger partial charge in [-0.25, -0.2) is 8.42 Å². The number of fused-ring (bicyclic) bond motifs is 4. The van der Waals surface area contributed by atoms with Gasteiger partial charge in [0.15, 0.2) is 20.8 Å². The third-order valence-corrected chi connectivity index (χ3v) is 8.08. The lowest BCUT2D eigenvalue weighted by Gasteiger charge is -2.46. The fourth-order valence-corrected chi connectivity index (χ4v) is 6.26. The van der Waals surface area contributed by atoms with Crippen molar-refractivity contribution in [3.05, 3.63) is 57.6 Å². The summed E-state index contributed by atoms with van der Waals surface area (Å²) in [7, 11) is -3.87. The van der Waals surface area contributed by atoms with Crippen LogP contribution in [0.3, 0.4) is 0 Å². The predicted octanol–water partition coefficient (Wildman–Crippen LogP) is 3.62. The molecule has 2 aromatic carbocycles. The highest BCUT2D eigenvalue weighted by Gasteiger charge is 2.54. The molecule has 2 aliphatic rings. The normalized spacial score (nSPS) is 26.7. The monoisotopic (exact) mass is 449 g/mol. The first-order valence-corrected chi connectivity index (χ1v) is 11.1. The van der Waals surface area contributed by atoms with Gasteiger partial charge in [0.2, 0.25) is 5.91 Å². The van der Waals surface area contributed by atoms with Gasteiger partial charge in [-0.3, -0.25) is 4.79 Å². The minimum absolute atomic E-state index is 0.178. The zero-order chi connectivity index (χ0) is 19.6. The number of aryl methyl sites for hydroxylation is 2. The number of ether oxygens (including phenoxy) is 1. The van der Waals surface area contributed by atoms with Gasteiger partial charge >= 0.3 is 0 Å². The van der Waals surface area contributed by atoms with Gasteiger partial charge in [-0.2, -0.15) is 0 Å². The summed E-state index contributed by atoms with van der Waals surface area (Å²) in [5, 5.41) is 1.59. The summed E-state index contributed by atoms with van der Waals surface area (Å²) >= 11 is 3.44. The quantitative estimate of drug-likeness (QED) is 0.759. The number of sulfone groups is 1. The van der Waals surface area contributed by atoms with Crippen LogP contribution >= 0.6 is 15.9 Å². The van der Waals surface area contributed by atoms with Crippen LogP contribution in [0.4, 0.5) is 0 Å². The molecule has 1 amide bonds. The van der Waals surface area contributed by atoms with E-state index in [2.05, 4.69) is 21.2 Å². The lowest BCUT2D eigenvalue weighted by Crippen LogP contribution is -2.63. The predicted molar refractivity (Wildman–Crippen MR) is 106 cm³/mol. The average Bonchev–Trinajstić information content (AvgIpc) is 2.57. The van der Waals surface area contributed by atoms with E-state index in [-0.39, 0.29) is 4.90 Å². The Morgan fingerprint density at radius 1 is 1.15 bits per heavy atom. The highest BCUT2D eigenvalue weighted by atomic mass is 79.9. The third kappa shape index (κ3) is 2.97. The minimum Gasteiger partial charge on any atom is -0.468 e. The summed E-state index contributed by atoms with van der Waals surface area (Å²) in [5.74, 6) is -0.383. The Labute approximate surface area is 167 Å². The van der Waals surface area contributed by atoms with E-state index in [4.69, 9.17) is 4.74 Å². The lowest BCUT2D eigenvalue weighted by atomic mass is 9.81. The average molecular weight is 450 g/mol. The molecule has 0 unspecified atom stereocenters. The molecule has 7 heteroatoms. The van der Waals surface area contributed by atoms with Crippen LogP contribution in [-0.4, -0.2) is 25.3 Å². The molecule has 2 heterocycles. The van der Waals surface area contributed by atoms with Crippen LogP contribution in [0.2, 0.25) is 0 Å². The summed E-state index contributed by atoms with van der Waals surface area (Å²) in [4.78, 5) is 13.1. The summed E-state index contributed by atoms with van der Waals surface area (Å²) < 4.78 is 33.7. The number of halogens is 1. The molecule has 0 radical (unpaired) electrons. The Hall–Kier alpha value is -1.86. The lowest BCUT2D eigenvalue weighted by molar-refractivity contribution is -0.132. The molecular weight excluding hydrogens is 430 g/mol. The second kappa shape index (κ2) is 6.07. The van der Waals surface area contributed by atoms with Crippen LogP contribution < -0.4 is 10.1 Å². The number of nitrogens with one attached hydrogen (secondary N) is 1. The van der Waals surface area contributed by atoms with Crippen LogP contribution in [0.25, 0.3) is 0 Å². The molecule has 2 aliphatic heterocycles. The van der Waals surface area contributed by atoms with Gasteiger partial charge in [-0.05, 0) is 62.2 Å². The summed E-state index contributed by atoms with van der Waals surface area (Å²) in [6.07, 6.45) is 0.400.